The molecule has 1 heterocycles. The summed E-state index contributed by atoms with van der Waals surface area (Å²) in [6.07, 6.45) is 1.90. The maximum absolute atomic E-state index is 11.9. The second kappa shape index (κ2) is 6.48. The summed E-state index contributed by atoms with van der Waals surface area (Å²) in [7, 11) is 0. The number of hydrogen-bond donors (Lipinski definition) is 1. The van der Waals surface area contributed by atoms with Gasteiger partial charge in [0.25, 0.3) is 0 Å². The Bertz CT molecular complexity index is 482. The molecule has 5 heteroatoms. The van der Waals surface area contributed by atoms with Gasteiger partial charge in [0, 0.05) is 23.2 Å². The topological polar surface area (TPSA) is 55.6 Å². The van der Waals surface area contributed by atoms with Crippen molar-refractivity contribution in [2.45, 2.75) is 26.7 Å². The van der Waals surface area contributed by atoms with Gasteiger partial charge in [0.15, 0.2) is 0 Å². The van der Waals surface area contributed by atoms with Crippen molar-refractivity contribution in [2.75, 3.05) is 30.3 Å². The first-order valence-corrected chi connectivity index (χ1v) is 7.79. The third-order valence-corrected chi connectivity index (χ3v) is 4.24. The van der Waals surface area contributed by atoms with Gasteiger partial charge in [-0.05, 0) is 60.3 Å². The first-order chi connectivity index (χ1) is 9.52. The van der Waals surface area contributed by atoms with Crippen molar-refractivity contribution in [3.05, 3.63) is 22.2 Å². The number of piperidine rings is 1. The molecule has 20 heavy (non-hydrogen) atoms. The molecule has 1 aromatic rings. The number of nitrogens with zero attached hydrogens (tertiary/aromatic N) is 1. The van der Waals surface area contributed by atoms with Gasteiger partial charge in [-0.15, -0.1) is 0 Å². The molecule has 1 aliphatic rings. The van der Waals surface area contributed by atoms with Crippen LogP contribution in [0.15, 0.2) is 16.6 Å². The van der Waals surface area contributed by atoms with E-state index >= 15 is 0 Å². The van der Waals surface area contributed by atoms with Crippen LogP contribution in [0, 0.1) is 12.8 Å². The van der Waals surface area contributed by atoms with Gasteiger partial charge in [0.1, 0.15) is 0 Å². The molecule has 1 atom stereocenters. The van der Waals surface area contributed by atoms with Gasteiger partial charge in [-0.1, -0.05) is 0 Å². The number of anilines is 2. The molecule has 110 valence electrons. The quantitative estimate of drug-likeness (QED) is 0.678. The van der Waals surface area contributed by atoms with Crippen LogP contribution in [-0.4, -0.2) is 25.7 Å². The zero-order chi connectivity index (χ0) is 14.7. The normalized spacial score (nSPS) is 18.9. The van der Waals surface area contributed by atoms with Crippen molar-refractivity contribution >= 4 is 33.3 Å². The maximum atomic E-state index is 11.9. The zero-order valence-electron chi connectivity index (χ0n) is 12.0. The molecule has 1 aromatic carbocycles. The Morgan fingerprint density at radius 1 is 1.55 bits per heavy atom. The van der Waals surface area contributed by atoms with Gasteiger partial charge in [0.05, 0.1) is 18.2 Å². The van der Waals surface area contributed by atoms with Crippen molar-refractivity contribution in [1.29, 1.82) is 0 Å². The molecule has 0 bridgehead atoms. The van der Waals surface area contributed by atoms with Crippen LogP contribution < -0.4 is 10.6 Å². The number of nitrogens with two attached hydrogens (primary N) is 1. The number of carbonyl (C=O) groups is 1. The fourth-order valence-electron chi connectivity index (χ4n) is 2.80. The molecule has 0 aliphatic carbocycles. The van der Waals surface area contributed by atoms with E-state index in [1.54, 1.807) is 0 Å². The Labute approximate surface area is 128 Å². The zero-order valence-corrected chi connectivity index (χ0v) is 13.6. The van der Waals surface area contributed by atoms with Crippen LogP contribution in [0.5, 0.6) is 0 Å². The van der Waals surface area contributed by atoms with Crippen LogP contribution in [0.1, 0.15) is 25.3 Å². The van der Waals surface area contributed by atoms with Gasteiger partial charge < -0.3 is 15.4 Å². The van der Waals surface area contributed by atoms with E-state index in [0.717, 1.165) is 40.8 Å². The van der Waals surface area contributed by atoms with Crippen molar-refractivity contribution in [3.63, 3.8) is 0 Å². The molecule has 2 rings (SSSR count). The Morgan fingerprint density at radius 2 is 2.30 bits per heavy atom. The highest BCUT2D eigenvalue weighted by Crippen LogP contribution is 2.35. The van der Waals surface area contributed by atoms with Crippen molar-refractivity contribution in [3.8, 4) is 0 Å². The van der Waals surface area contributed by atoms with E-state index in [0.29, 0.717) is 13.2 Å². The molecule has 1 saturated heterocycles. The number of halogens is 1. The molecule has 0 amide bonds. The lowest BCUT2D eigenvalue weighted by atomic mass is 9.97. The Balaban J connectivity index is 2.19. The molecule has 4 nitrogen and oxygen atoms in total. The fourth-order valence-corrected chi connectivity index (χ4v) is 3.62. The van der Waals surface area contributed by atoms with Gasteiger partial charge in [-0.2, -0.15) is 0 Å². The van der Waals surface area contributed by atoms with Crippen molar-refractivity contribution < 1.29 is 9.53 Å². The van der Waals surface area contributed by atoms with Crippen LogP contribution in [0.4, 0.5) is 11.4 Å². The summed E-state index contributed by atoms with van der Waals surface area (Å²) in [4.78, 5) is 14.2. The van der Waals surface area contributed by atoms with E-state index < -0.39 is 0 Å². The minimum absolute atomic E-state index is 0.0347. The van der Waals surface area contributed by atoms with Gasteiger partial charge >= 0.3 is 5.97 Å². The molecule has 1 fully saturated rings. The highest BCUT2D eigenvalue weighted by molar-refractivity contribution is 9.10. The summed E-state index contributed by atoms with van der Waals surface area (Å²) in [6, 6.07) is 3.88. The van der Waals surface area contributed by atoms with Crippen LogP contribution in [0.3, 0.4) is 0 Å². The summed E-state index contributed by atoms with van der Waals surface area (Å²) >= 11 is 3.58. The molecule has 0 saturated carbocycles. The number of carbonyl (C=O) groups excluding carboxylic acids is 1. The SMILES string of the molecule is CCOC(=O)C1CCCN(c2c(C)cc(N)cc2Br)C1. The van der Waals surface area contributed by atoms with Gasteiger partial charge in [-0.25, -0.2) is 0 Å². The second-order valence-electron chi connectivity index (χ2n) is 5.21. The van der Waals surface area contributed by atoms with Crippen LogP contribution in [0.2, 0.25) is 0 Å². The van der Waals surface area contributed by atoms with Crippen molar-refractivity contribution in [1.82, 2.24) is 0 Å². The lowest BCUT2D eigenvalue weighted by Crippen LogP contribution is -2.40. The summed E-state index contributed by atoms with van der Waals surface area (Å²) < 4.78 is 6.13. The summed E-state index contributed by atoms with van der Waals surface area (Å²) in [6.45, 7) is 6.00. The third kappa shape index (κ3) is 3.26. The van der Waals surface area contributed by atoms with Gasteiger partial charge in [-0.3, -0.25) is 4.79 Å². The van der Waals surface area contributed by atoms with Crippen molar-refractivity contribution in [2.24, 2.45) is 5.92 Å². The first-order valence-electron chi connectivity index (χ1n) is 7.00. The smallest absolute Gasteiger partial charge is 0.310 e. The number of hydrogen-bond acceptors (Lipinski definition) is 4. The second-order valence-corrected chi connectivity index (χ2v) is 6.06. The number of benzene rings is 1. The largest absolute Gasteiger partial charge is 0.466 e. The number of aryl methyl sites for hydroxylation is 1. The molecule has 0 radical (unpaired) electrons. The summed E-state index contributed by atoms with van der Waals surface area (Å²) in [5, 5.41) is 0. The maximum Gasteiger partial charge on any atom is 0.310 e. The van der Waals surface area contributed by atoms with E-state index in [-0.39, 0.29) is 11.9 Å². The van der Waals surface area contributed by atoms with Crippen LogP contribution in [-0.2, 0) is 9.53 Å². The monoisotopic (exact) mass is 340 g/mol. The molecule has 0 spiro atoms. The molecular weight excluding hydrogens is 320 g/mol. The fraction of sp³-hybridized carbons (Fsp3) is 0.533. The van der Waals surface area contributed by atoms with E-state index in [1.807, 2.05) is 26.0 Å². The minimum atomic E-state index is -0.0820. The summed E-state index contributed by atoms with van der Waals surface area (Å²) in [5.41, 5.74) is 8.86. The number of rotatable bonds is 3. The van der Waals surface area contributed by atoms with Crippen LogP contribution in [0.25, 0.3) is 0 Å². The predicted molar refractivity (Wildman–Crippen MR) is 84.9 cm³/mol. The molecular formula is C15H21BrN2O2. The lowest BCUT2D eigenvalue weighted by molar-refractivity contribution is -0.148. The third-order valence-electron chi connectivity index (χ3n) is 3.63. The van der Waals surface area contributed by atoms with E-state index in [9.17, 15) is 4.79 Å². The molecule has 2 N–H and O–H groups in total. The average molecular weight is 341 g/mol. The standard InChI is InChI=1S/C15H21BrN2O2/c1-3-20-15(19)11-5-4-6-18(9-11)14-10(2)7-12(17)8-13(14)16/h7-8,11H,3-6,9,17H2,1-2H3. The highest BCUT2D eigenvalue weighted by Gasteiger charge is 2.28. The highest BCUT2D eigenvalue weighted by atomic mass is 79.9. The molecule has 1 aliphatic heterocycles. The first kappa shape index (κ1) is 15.2. The van der Waals surface area contributed by atoms with E-state index in [4.69, 9.17) is 10.5 Å². The molecule has 1 unspecified atom stereocenters. The Hall–Kier alpha value is -1.23. The Morgan fingerprint density at radius 3 is 2.95 bits per heavy atom. The van der Waals surface area contributed by atoms with E-state index in [2.05, 4.69) is 20.8 Å². The Kier molecular flexibility index (Phi) is 4.91. The number of esters is 1. The molecule has 0 aromatic heterocycles. The van der Waals surface area contributed by atoms with Crippen LogP contribution >= 0.6 is 15.9 Å². The van der Waals surface area contributed by atoms with Gasteiger partial charge in [0.2, 0.25) is 0 Å². The average Bonchev–Trinajstić information content (AvgIpc) is 2.38. The lowest BCUT2D eigenvalue weighted by Gasteiger charge is -2.35. The minimum Gasteiger partial charge on any atom is -0.466 e. The predicted octanol–water partition coefficient (Wildman–Crippen LogP) is 3.12. The van der Waals surface area contributed by atoms with E-state index in [1.165, 1.54) is 0 Å². The summed E-state index contributed by atoms with van der Waals surface area (Å²) in [5.74, 6) is -0.117. The number of nitrogen functional groups attached to an aromatic ring is 1. The number of ether oxygens (including phenoxy) is 1.